The van der Waals surface area contributed by atoms with Gasteiger partial charge in [0.15, 0.2) is 0 Å². The molecule has 0 aliphatic carbocycles. The first kappa shape index (κ1) is 34.9. The quantitative estimate of drug-likeness (QED) is 0.171. The Bertz CT molecular complexity index is 1110. The van der Waals surface area contributed by atoms with E-state index in [4.69, 9.17) is 33.1 Å². The van der Waals surface area contributed by atoms with Crippen LogP contribution in [-0.4, -0.2) is 26.4 Å². The van der Waals surface area contributed by atoms with E-state index < -0.39 is 12.1 Å². The molecule has 0 aromatic heterocycles. The van der Waals surface area contributed by atoms with Crippen LogP contribution < -0.4 is 40.1 Å². The summed E-state index contributed by atoms with van der Waals surface area (Å²) < 4.78 is 9.78. The van der Waals surface area contributed by atoms with Crippen LogP contribution in [0.2, 0.25) is 0 Å². The van der Waals surface area contributed by atoms with Gasteiger partial charge in [-0.25, -0.2) is 5.90 Å². The van der Waals surface area contributed by atoms with Crippen molar-refractivity contribution >= 4 is 56.9 Å². The van der Waals surface area contributed by atoms with Crippen molar-refractivity contribution < 1.29 is 28.3 Å². The average molecular weight is 601 g/mol. The van der Waals surface area contributed by atoms with Gasteiger partial charge < -0.3 is 9.47 Å². The molecule has 0 saturated carbocycles. The first-order valence-electron chi connectivity index (χ1n) is 13.5. The Kier molecular flexibility index (Phi) is 16.6. The minimum atomic E-state index is -2.22. The molecule has 1 saturated heterocycles. The third-order valence-corrected chi connectivity index (χ3v) is 17.2. The second-order valence-corrected chi connectivity index (χ2v) is 18.0. The third kappa shape index (κ3) is 10.2. The minimum Gasteiger partial charge on any atom is -0.382 e. The molecule has 0 unspecified atom stereocenters. The van der Waals surface area contributed by atoms with Crippen molar-refractivity contribution in [2.45, 2.75) is 26.7 Å². The van der Waals surface area contributed by atoms with E-state index in [1.165, 1.54) is 34.1 Å². The molecule has 1 aliphatic rings. The van der Waals surface area contributed by atoms with Crippen molar-refractivity contribution in [1.29, 1.82) is 0 Å². The molecule has 7 heteroatoms. The number of ether oxygens (including phenoxy) is 2. The Morgan fingerprint density at radius 3 is 1.02 bits per heavy atom. The first-order chi connectivity index (χ1) is 19.0. The van der Waals surface area contributed by atoms with Crippen LogP contribution in [0.1, 0.15) is 26.7 Å². The Hall–Kier alpha value is -1.30. The maximum Gasteiger partial charge on any atom is 1.00 e. The predicted octanol–water partition coefficient (Wildman–Crippen LogP) is 4.21. The summed E-state index contributed by atoms with van der Waals surface area (Å²) in [4.78, 5) is 0. The molecule has 4 aromatic carbocycles. The molecule has 0 radical (unpaired) electrons. The summed E-state index contributed by atoms with van der Waals surface area (Å²) in [6.45, 7) is 7.67. The van der Waals surface area contributed by atoms with Crippen LogP contribution in [0.15, 0.2) is 121 Å². The van der Waals surface area contributed by atoms with E-state index in [1.54, 1.807) is 0 Å². The molecule has 1 heterocycles. The average Bonchev–Trinajstić information content (AvgIpc) is 3.60. The van der Waals surface area contributed by atoms with Gasteiger partial charge in [-0.15, -0.1) is 35.7 Å². The van der Waals surface area contributed by atoms with Gasteiger partial charge in [0.05, 0.1) is 0 Å². The van der Waals surface area contributed by atoms with Crippen LogP contribution in [0.3, 0.4) is 0 Å². The number of hydrogen-bond acceptors (Lipinski definition) is 4. The van der Waals surface area contributed by atoms with Gasteiger partial charge in [-0.3, -0.25) is 0 Å². The van der Waals surface area contributed by atoms with Crippen molar-refractivity contribution in [3.8, 4) is 0 Å². The molecular formula is C33H39LiO2P2S2. The maximum absolute atomic E-state index is 6.50. The number of hydrogen-bond donors (Lipinski definition) is 0. The van der Waals surface area contributed by atoms with Gasteiger partial charge in [-0.2, -0.15) is 0 Å². The summed E-state index contributed by atoms with van der Waals surface area (Å²) in [6.07, 6.45) is 2.56. The third-order valence-electron chi connectivity index (χ3n) is 6.12. The molecule has 0 amide bonds. The number of rotatable bonds is 8. The Morgan fingerprint density at radius 2 is 0.850 bits per heavy atom. The second-order valence-electron chi connectivity index (χ2n) is 8.87. The molecule has 0 atom stereocenters. The molecule has 5 rings (SSSR count). The molecule has 0 N–H and O–H groups in total. The van der Waals surface area contributed by atoms with Crippen LogP contribution in [0.25, 0.3) is 0 Å². The summed E-state index contributed by atoms with van der Waals surface area (Å²) in [6, 6.07) is 37.5. The van der Waals surface area contributed by atoms with Crippen LogP contribution in [0, 0.1) is 5.90 Å². The van der Waals surface area contributed by atoms with Gasteiger partial charge in [0, 0.05) is 26.4 Å². The minimum absolute atomic E-state index is 0. The van der Waals surface area contributed by atoms with Gasteiger partial charge in [-0.05, 0) is 47.9 Å². The van der Waals surface area contributed by atoms with Gasteiger partial charge in [-0.1, -0.05) is 121 Å². The topological polar surface area (TPSA) is 18.5 Å². The Morgan fingerprint density at radius 1 is 0.575 bits per heavy atom. The van der Waals surface area contributed by atoms with Crippen LogP contribution in [0.5, 0.6) is 0 Å². The molecule has 1 fully saturated rings. The SMILES string of the molecule is C1CCOC1.CCOCC.S=P([CH-]P(=S)(c1ccccc1)c1ccccc1)(c1ccccc1)c1ccccc1.[Li+]. The van der Waals surface area contributed by atoms with Crippen molar-refractivity contribution in [3.05, 3.63) is 127 Å². The molecule has 40 heavy (non-hydrogen) atoms. The zero-order chi connectivity index (χ0) is 27.8. The van der Waals surface area contributed by atoms with Crippen molar-refractivity contribution in [2.75, 3.05) is 26.4 Å². The van der Waals surface area contributed by atoms with E-state index in [2.05, 4.69) is 103 Å². The molecule has 206 valence electrons. The molecular weight excluding hydrogens is 561 g/mol. The van der Waals surface area contributed by atoms with Crippen LogP contribution in [0.4, 0.5) is 0 Å². The Balaban J connectivity index is 0.000000433. The smallest absolute Gasteiger partial charge is 0.382 e. The summed E-state index contributed by atoms with van der Waals surface area (Å²) in [5.41, 5.74) is 0. The van der Waals surface area contributed by atoms with E-state index >= 15 is 0 Å². The van der Waals surface area contributed by atoms with E-state index in [1.807, 2.05) is 38.1 Å². The Labute approximate surface area is 264 Å². The van der Waals surface area contributed by atoms with Crippen molar-refractivity contribution in [3.63, 3.8) is 0 Å². The second kappa shape index (κ2) is 19.0. The summed E-state index contributed by atoms with van der Waals surface area (Å²) >= 11 is 13.0. The van der Waals surface area contributed by atoms with E-state index in [0.717, 1.165) is 26.4 Å². The van der Waals surface area contributed by atoms with Gasteiger partial charge in [0.25, 0.3) is 0 Å². The molecule has 1 aliphatic heterocycles. The fourth-order valence-corrected chi connectivity index (χ4v) is 15.7. The summed E-state index contributed by atoms with van der Waals surface area (Å²) in [5, 5.41) is 4.73. The molecule has 0 bridgehead atoms. The normalized spacial score (nSPS) is 12.7. The molecule has 2 nitrogen and oxygen atoms in total. The number of benzene rings is 4. The van der Waals surface area contributed by atoms with Crippen LogP contribution in [-0.2, 0) is 33.1 Å². The first-order valence-corrected chi connectivity index (χ1v) is 19.2. The van der Waals surface area contributed by atoms with Gasteiger partial charge >= 0.3 is 18.9 Å². The zero-order valence-corrected chi connectivity index (χ0v) is 27.3. The maximum atomic E-state index is 6.50. The summed E-state index contributed by atoms with van der Waals surface area (Å²) in [7, 11) is 0. The van der Waals surface area contributed by atoms with Gasteiger partial charge in [0.1, 0.15) is 0 Å². The largest absolute Gasteiger partial charge is 1.00 e. The van der Waals surface area contributed by atoms with Crippen molar-refractivity contribution in [1.82, 2.24) is 0 Å². The van der Waals surface area contributed by atoms with E-state index in [-0.39, 0.29) is 18.9 Å². The van der Waals surface area contributed by atoms with Gasteiger partial charge in [0.2, 0.25) is 0 Å². The summed E-state index contributed by atoms with van der Waals surface area (Å²) in [5.74, 6) is 2.38. The van der Waals surface area contributed by atoms with Crippen LogP contribution >= 0.6 is 12.1 Å². The fraction of sp³-hybridized carbons (Fsp3) is 0.242. The standard InChI is InChI=1S/C25H21P2S2.C4H8O.C4H10O.Li/c28-26(22-13-5-1-6-14-22,23-15-7-2-8-16-23)21-27(29,24-17-9-3-10-18-24)25-19-11-4-12-20-25;1-2-4-5-3-1;1-3-5-4-2;/h1-21H;1-4H2;3-4H2,1-2H3;/q-1;;;+1. The molecule has 0 spiro atoms. The van der Waals surface area contributed by atoms with E-state index in [0.29, 0.717) is 0 Å². The van der Waals surface area contributed by atoms with E-state index in [9.17, 15) is 0 Å². The monoisotopic (exact) mass is 600 g/mol. The molecule has 4 aromatic rings. The predicted molar refractivity (Wildman–Crippen MR) is 179 cm³/mol. The fourth-order valence-electron chi connectivity index (χ4n) is 4.11. The van der Waals surface area contributed by atoms with Crippen molar-refractivity contribution in [2.24, 2.45) is 0 Å². The zero-order valence-electron chi connectivity index (χ0n) is 23.9.